The van der Waals surface area contributed by atoms with E-state index in [1.54, 1.807) is 4.90 Å². The fourth-order valence-corrected chi connectivity index (χ4v) is 4.22. The molecule has 1 saturated carbocycles. The molecular weight excluding hydrogens is 288 g/mol. The molecule has 3 amide bonds. The molecular formula is C19H16N2O2. The number of hydrogen-bond donors (Lipinski definition) is 0. The lowest BCUT2D eigenvalue weighted by Gasteiger charge is -2.38. The molecule has 0 N–H and O–H groups in total. The maximum atomic E-state index is 13.0. The van der Waals surface area contributed by atoms with E-state index in [0.29, 0.717) is 11.4 Å². The third-order valence-corrected chi connectivity index (χ3v) is 5.31. The van der Waals surface area contributed by atoms with Crippen LogP contribution in [0.4, 0.5) is 10.5 Å². The molecule has 3 aliphatic heterocycles. The van der Waals surface area contributed by atoms with Crippen molar-refractivity contribution in [2.45, 2.75) is 31.7 Å². The Morgan fingerprint density at radius 1 is 0.913 bits per heavy atom. The number of fused-ring (bicyclic) bond motifs is 3. The summed E-state index contributed by atoms with van der Waals surface area (Å²) in [6.07, 6.45) is 3.89. The fraction of sp³-hybridized carbons (Fsp3) is 0.263. The first-order chi connectivity index (χ1) is 11.3. The van der Waals surface area contributed by atoms with E-state index >= 15 is 0 Å². The molecule has 1 saturated heterocycles. The maximum absolute atomic E-state index is 13.0. The van der Waals surface area contributed by atoms with E-state index in [9.17, 15) is 9.59 Å². The Kier molecular flexibility index (Phi) is 2.49. The second-order valence-corrected chi connectivity index (χ2v) is 6.47. The van der Waals surface area contributed by atoms with Crippen LogP contribution in [0.1, 0.15) is 25.7 Å². The Bertz CT molecular complexity index is 884. The molecule has 4 nitrogen and oxygen atoms in total. The Hall–Kier alpha value is -2.62. The van der Waals surface area contributed by atoms with Gasteiger partial charge in [-0.25, -0.2) is 9.69 Å². The number of nitrogens with zero attached hydrogens (tertiary/aromatic N) is 2. The molecule has 0 aromatic heterocycles. The Morgan fingerprint density at radius 3 is 2.43 bits per heavy atom. The summed E-state index contributed by atoms with van der Waals surface area (Å²) in [4.78, 5) is 29.1. The number of allylic oxidation sites excluding steroid dienone is 1. The molecule has 0 radical (unpaired) electrons. The Morgan fingerprint density at radius 2 is 1.65 bits per heavy atom. The van der Waals surface area contributed by atoms with Crippen LogP contribution in [-0.4, -0.2) is 22.9 Å². The number of imide groups is 1. The number of carbonyl (C=O) groups is 2. The van der Waals surface area contributed by atoms with Crippen molar-refractivity contribution in [2.24, 2.45) is 0 Å². The predicted octanol–water partition coefficient (Wildman–Crippen LogP) is 3.82. The molecule has 4 aliphatic rings. The standard InChI is InChI=1S/C19H16N2O2/c22-18-17-13-8-10-14(11-9-13)20(17)19(23)21(18)16-7-3-5-12-4-1-2-6-15(12)16/h1-7,14H,8-11H2. The van der Waals surface area contributed by atoms with Crippen molar-refractivity contribution < 1.29 is 9.59 Å². The number of benzene rings is 2. The summed E-state index contributed by atoms with van der Waals surface area (Å²) < 4.78 is 0. The summed E-state index contributed by atoms with van der Waals surface area (Å²) in [5, 5.41) is 1.98. The zero-order valence-corrected chi connectivity index (χ0v) is 12.7. The van der Waals surface area contributed by atoms with Crippen molar-refractivity contribution in [3.05, 3.63) is 53.7 Å². The molecule has 0 unspecified atom stereocenters. The van der Waals surface area contributed by atoms with E-state index in [1.807, 2.05) is 42.5 Å². The molecule has 2 fully saturated rings. The number of carbonyl (C=O) groups excluding carboxylic acids is 2. The highest BCUT2D eigenvalue weighted by Crippen LogP contribution is 2.44. The zero-order chi connectivity index (χ0) is 15.6. The summed E-state index contributed by atoms with van der Waals surface area (Å²) in [5.41, 5.74) is 2.51. The van der Waals surface area contributed by atoms with Gasteiger partial charge in [-0.3, -0.25) is 9.69 Å². The van der Waals surface area contributed by atoms with Gasteiger partial charge in [-0.15, -0.1) is 0 Å². The largest absolute Gasteiger partial charge is 0.336 e. The van der Waals surface area contributed by atoms with Crippen LogP contribution >= 0.6 is 0 Å². The van der Waals surface area contributed by atoms with E-state index in [4.69, 9.17) is 0 Å². The second-order valence-electron chi connectivity index (χ2n) is 6.47. The lowest BCUT2D eigenvalue weighted by Crippen LogP contribution is -2.43. The van der Waals surface area contributed by atoms with Gasteiger partial charge in [0.15, 0.2) is 0 Å². The summed E-state index contributed by atoms with van der Waals surface area (Å²) in [6, 6.07) is 13.7. The van der Waals surface area contributed by atoms with E-state index < -0.39 is 0 Å². The van der Waals surface area contributed by atoms with Crippen molar-refractivity contribution in [2.75, 3.05) is 4.90 Å². The van der Waals surface area contributed by atoms with Gasteiger partial charge in [0.1, 0.15) is 5.70 Å². The zero-order valence-electron chi connectivity index (χ0n) is 12.7. The first-order valence-corrected chi connectivity index (χ1v) is 8.13. The maximum Gasteiger partial charge on any atom is 0.336 e. The van der Waals surface area contributed by atoms with Crippen LogP contribution in [0.25, 0.3) is 10.8 Å². The highest BCUT2D eigenvalue weighted by Gasteiger charge is 2.50. The van der Waals surface area contributed by atoms with Crippen LogP contribution in [0, 0.1) is 0 Å². The quantitative estimate of drug-likeness (QED) is 0.751. The van der Waals surface area contributed by atoms with Gasteiger partial charge in [-0.05, 0) is 42.7 Å². The average Bonchev–Trinajstić information content (AvgIpc) is 2.89. The third-order valence-electron chi connectivity index (χ3n) is 5.31. The Labute approximate surface area is 134 Å². The molecule has 1 aliphatic carbocycles. The number of amides is 3. The smallest absolute Gasteiger partial charge is 0.285 e. The SMILES string of the molecule is O=C1C2=C3CCC(CC3)N2C(=O)N1c1cccc2ccccc12. The molecule has 0 spiro atoms. The minimum absolute atomic E-state index is 0.147. The van der Waals surface area contributed by atoms with E-state index in [1.165, 1.54) is 4.90 Å². The van der Waals surface area contributed by atoms with Gasteiger partial charge in [-0.2, -0.15) is 0 Å². The van der Waals surface area contributed by atoms with E-state index in [-0.39, 0.29) is 18.0 Å². The van der Waals surface area contributed by atoms with Gasteiger partial charge < -0.3 is 0 Å². The minimum Gasteiger partial charge on any atom is -0.285 e. The van der Waals surface area contributed by atoms with Crippen LogP contribution in [0.5, 0.6) is 0 Å². The van der Waals surface area contributed by atoms with Crippen LogP contribution in [0.3, 0.4) is 0 Å². The lowest BCUT2D eigenvalue weighted by molar-refractivity contribution is -0.114. The van der Waals surface area contributed by atoms with Crippen molar-refractivity contribution in [1.29, 1.82) is 0 Å². The van der Waals surface area contributed by atoms with E-state index in [2.05, 4.69) is 0 Å². The fourth-order valence-electron chi connectivity index (χ4n) is 4.22. The van der Waals surface area contributed by atoms with Gasteiger partial charge in [0.05, 0.1) is 5.69 Å². The van der Waals surface area contributed by atoms with Crippen molar-refractivity contribution in [3.8, 4) is 0 Å². The highest BCUT2D eigenvalue weighted by atomic mass is 16.2. The van der Waals surface area contributed by atoms with Crippen molar-refractivity contribution in [3.63, 3.8) is 0 Å². The monoisotopic (exact) mass is 304 g/mol. The van der Waals surface area contributed by atoms with Crippen LogP contribution in [0.15, 0.2) is 53.7 Å². The van der Waals surface area contributed by atoms with Crippen LogP contribution in [0.2, 0.25) is 0 Å². The van der Waals surface area contributed by atoms with Crippen molar-refractivity contribution in [1.82, 2.24) is 4.90 Å². The predicted molar refractivity (Wildman–Crippen MR) is 88.0 cm³/mol. The number of anilines is 1. The summed E-state index contributed by atoms with van der Waals surface area (Å²) in [7, 11) is 0. The van der Waals surface area contributed by atoms with Crippen LogP contribution in [-0.2, 0) is 4.79 Å². The average molecular weight is 304 g/mol. The molecule has 2 aromatic carbocycles. The lowest BCUT2D eigenvalue weighted by atomic mass is 9.84. The van der Waals surface area contributed by atoms with Gasteiger partial charge in [0, 0.05) is 11.4 Å². The van der Waals surface area contributed by atoms with Gasteiger partial charge in [-0.1, -0.05) is 36.4 Å². The molecule has 4 heteroatoms. The molecule has 23 heavy (non-hydrogen) atoms. The molecule has 6 rings (SSSR count). The first kappa shape index (κ1) is 12.9. The second kappa shape index (κ2) is 4.44. The first-order valence-electron chi connectivity index (χ1n) is 8.13. The van der Waals surface area contributed by atoms with Gasteiger partial charge >= 0.3 is 6.03 Å². The summed E-state index contributed by atoms with van der Waals surface area (Å²) >= 11 is 0. The molecule has 2 bridgehead atoms. The third kappa shape index (κ3) is 1.61. The highest BCUT2D eigenvalue weighted by molar-refractivity contribution is 6.29. The van der Waals surface area contributed by atoms with Gasteiger partial charge in [0.2, 0.25) is 0 Å². The van der Waals surface area contributed by atoms with Crippen LogP contribution < -0.4 is 4.90 Å². The molecule has 3 heterocycles. The van der Waals surface area contributed by atoms with Crippen molar-refractivity contribution >= 4 is 28.4 Å². The minimum atomic E-state index is -0.178. The molecule has 2 aromatic rings. The molecule has 0 atom stereocenters. The van der Waals surface area contributed by atoms with E-state index in [0.717, 1.165) is 42.0 Å². The summed E-state index contributed by atoms with van der Waals surface area (Å²) in [5.74, 6) is -0.147. The van der Waals surface area contributed by atoms with Gasteiger partial charge in [0.25, 0.3) is 5.91 Å². The number of urea groups is 1. The molecule has 114 valence electrons. The Balaban J connectivity index is 1.71. The number of rotatable bonds is 1. The normalized spacial score (nSPS) is 20.9. The number of hydrogen-bond acceptors (Lipinski definition) is 2. The summed E-state index contributed by atoms with van der Waals surface area (Å²) in [6.45, 7) is 0. The topological polar surface area (TPSA) is 40.6 Å².